The van der Waals surface area contributed by atoms with E-state index in [-0.39, 0.29) is 62.1 Å². The van der Waals surface area contributed by atoms with Crippen LogP contribution in [0.15, 0.2) is 45.3 Å². The third kappa shape index (κ3) is 8.44. The summed E-state index contributed by atoms with van der Waals surface area (Å²) in [6.07, 6.45) is -4.28. The van der Waals surface area contributed by atoms with E-state index in [1.165, 1.54) is 0 Å². The second-order valence-corrected chi connectivity index (χ2v) is 15.6. The number of rotatable bonds is 6. The normalized spacial score (nSPS) is 21.5. The molecule has 3 saturated heterocycles. The number of alkyl halides is 3. The summed E-state index contributed by atoms with van der Waals surface area (Å²) in [5, 5.41) is 23.3. The first-order valence-electron chi connectivity index (χ1n) is 17.3. The molecule has 0 aromatic heterocycles. The van der Waals surface area contributed by atoms with Crippen molar-refractivity contribution < 1.29 is 42.5 Å². The van der Waals surface area contributed by atoms with Gasteiger partial charge in [-0.2, -0.15) is 13.2 Å². The highest BCUT2D eigenvalue weighted by atomic mass is 79.9. The highest BCUT2D eigenvalue weighted by Crippen LogP contribution is 2.39. The van der Waals surface area contributed by atoms with Crippen molar-refractivity contribution in [3.63, 3.8) is 0 Å². The van der Waals surface area contributed by atoms with Gasteiger partial charge < -0.3 is 39.9 Å². The quantitative estimate of drug-likeness (QED) is 0.331. The molecule has 0 bridgehead atoms. The molecule has 0 saturated carbocycles. The molecule has 4 heterocycles. The van der Waals surface area contributed by atoms with E-state index in [1.54, 1.807) is 21.9 Å². The molecule has 4 aliphatic heterocycles. The van der Waals surface area contributed by atoms with E-state index in [0.29, 0.717) is 72.9 Å². The van der Waals surface area contributed by atoms with Crippen molar-refractivity contribution in [2.45, 2.75) is 81.3 Å². The zero-order valence-electron chi connectivity index (χ0n) is 28.0. The second-order valence-electron chi connectivity index (χ2n) is 13.9. The number of aliphatic hydroxyl groups is 1. The average molecular weight is 846 g/mol. The summed E-state index contributed by atoms with van der Waals surface area (Å²) in [5.74, 6) is -0.375. The predicted octanol–water partition coefficient (Wildman–Crippen LogP) is 5.90. The smallest absolute Gasteiger partial charge is 0.417 e. The molecule has 11 nitrogen and oxygen atoms in total. The number of benzene rings is 2. The first kappa shape index (κ1) is 37.7. The van der Waals surface area contributed by atoms with Crippen LogP contribution >= 0.6 is 31.9 Å². The Bertz CT molecular complexity index is 1590. The van der Waals surface area contributed by atoms with Gasteiger partial charge in [0.25, 0.3) is 5.91 Å². The molecule has 0 unspecified atom stereocenters. The number of nitrogens with zero attached hydrogens (tertiary/aromatic N) is 4. The molecule has 51 heavy (non-hydrogen) atoms. The SMILES string of the molecule is O=C(O[C@H](Cc1cc(Br)c(O)c(Br)c1)C(=O)N1CCC(N2CCC(O)(C(F)(F)F)CC2)CC1)N1CCC(N2CCc3ccccc3NC2=O)CC1. The summed E-state index contributed by atoms with van der Waals surface area (Å²) < 4.78 is 46.7. The van der Waals surface area contributed by atoms with Gasteiger partial charge in [-0.15, -0.1) is 0 Å². The number of halogens is 5. The van der Waals surface area contributed by atoms with Crippen molar-refractivity contribution in [2.75, 3.05) is 51.1 Å². The van der Waals surface area contributed by atoms with Gasteiger partial charge in [-0.1, -0.05) is 18.2 Å². The van der Waals surface area contributed by atoms with Crippen LogP contribution in [0, 0.1) is 0 Å². The molecule has 0 spiro atoms. The van der Waals surface area contributed by atoms with Crippen molar-refractivity contribution in [2.24, 2.45) is 0 Å². The van der Waals surface area contributed by atoms with Gasteiger partial charge in [-0.3, -0.25) is 4.79 Å². The molecule has 3 fully saturated rings. The Kier molecular flexibility index (Phi) is 11.4. The number of phenolic OH excluding ortho intramolecular Hbond substituents is 1. The van der Waals surface area contributed by atoms with E-state index in [4.69, 9.17) is 4.74 Å². The fourth-order valence-corrected chi connectivity index (χ4v) is 8.90. The third-order valence-electron chi connectivity index (χ3n) is 10.8. The number of nitrogens with one attached hydrogen (secondary N) is 1. The number of anilines is 1. The zero-order valence-corrected chi connectivity index (χ0v) is 31.2. The molecule has 4 amide bonds. The van der Waals surface area contributed by atoms with Gasteiger partial charge in [0.1, 0.15) is 5.75 Å². The number of amides is 4. The minimum absolute atomic E-state index is 0.00285. The average Bonchev–Trinajstić information content (AvgIpc) is 3.28. The predicted molar refractivity (Wildman–Crippen MR) is 189 cm³/mol. The molecule has 278 valence electrons. The Morgan fingerprint density at radius 2 is 1.51 bits per heavy atom. The van der Waals surface area contributed by atoms with E-state index in [2.05, 4.69) is 37.2 Å². The van der Waals surface area contributed by atoms with Crippen LogP contribution in [0.2, 0.25) is 0 Å². The number of likely N-dealkylation sites (tertiary alicyclic amines) is 3. The van der Waals surface area contributed by atoms with E-state index in [9.17, 15) is 37.8 Å². The van der Waals surface area contributed by atoms with Crippen LogP contribution in [0.5, 0.6) is 5.75 Å². The molecule has 3 N–H and O–H groups in total. The maximum atomic E-state index is 14.0. The summed E-state index contributed by atoms with van der Waals surface area (Å²) in [6, 6.07) is 10.8. The van der Waals surface area contributed by atoms with E-state index in [1.807, 2.05) is 34.1 Å². The Labute approximate surface area is 311 Å². The number of para-hydroxylation sites is 1. The number of hydrogen-bond acceptors (Lipinski definition) is 7. The van der Waals surface area contributed by atoms with Gasteiger partial charge in [0.2, 0.25) is 0 Å². The van der Waals surface area contributed by atoms with Gasteiger partial charge in [-0.25, -0.2) is 9.59 Å². The topological polar surface area (TPSA) is 126 Å². The summed E-state index contributed by atoms with van der Waals surface area (Å²) >= 11 is 6.65. The lowest BCUT2D eigenvalue weighted by Crippen LogP contribution is -2.57. The van der Waals surface area contributed by atoms with Gasteiger partial charge >= 0.3 is 18.3 Å². The molecule has 2 aromatic rings. The number of urea groups is 1. The largest absolute Gasteiger partial charge is 0.506 e. The van der Waals surface area contributed by atoms with Crippen LogP contribution in [-0.4, -0.2) is 124 Å². The Balaban J connectivity index is 1.07. The van der Waals surface area contributed by atoms with Gasteiger partial charge in [-0.05, 0) is 106 Å². The molecule has 2 aromatic carbocycles. The number of aromatic hydroxyl groups is 1. The molecule has 0 aliphatic carbocycles. The summed E-state index contributed by atoms with van der Waals surface area (Å²) in [5.41, 5.74) is -0.139. The zero-order chi connectivity index (χ0) is 36.5. The monoisotopic (exact) mass is 843 g/mol. The van der Waals surface area contributed by atoms with Crippen molar-refractivity contribution in [3.05, 3.63) is 56.5 Å². The number of carbonyl (C=O) groups is 3. The van der Waals surface area contributed by atoms with Crippen LogP contribution in [-0.2, 0) is 22.4 Å². The summed E-state index contributed by atoms with van der Waals surface area (Å²) in [7, 11) is 0. The standard InChI is InChI=1S/C35H42Br2F3N5O6/c36-26-19-22(20-27(37)30(26)46)21-29(31(47)43-12-6-24(7-13-43)42-17-10-34(50,11-18-42)35(38,39)40)51-33(49)44-14-8-25(9-15-44)45-16-5-23-3-1-2-4-28(23)41-32(45)48/h1-4,19-20,24-25,29,46,50H,5-18,21H2,(H,41,48)/t29-/m1/s1. The molecule has 4 aliphatic rings. The minimum Gasteiger partial charge on any atom is -0.506 e. The Morgan fingerprint density at radius 1 is 0.922 bits per heavy atom. The highest BCUT2D eigenvalue weighted by molar-refractivity contribution is 9.11. The Hall–Kier alpha value is -3.08. The molecule has 0 radical (unpaired) electrons. The lowest BCUT2D eigenvalue weighted by atomic mass is 9.89. The number of hydrogen-bond donors (Lipinski definition) is 3. The van der Waals surface area contributed by atoms with Crippen LogP contribution in [0.25, 0.3) is 0 Å². The molecule has 16 heteroatoms. The third-order valence-corrected chi connectivity index (χ3v) is 12.0. The number of ether oxygens (including phenoxy) is 1. The summed E-state index contributed by atoms with van der Waals surface area (Å²) in [6.45, 7) is 2.18. The van der Waals surface area contributed by atoms with Crippen LogP contribution in [0.3, 0.4) is 0 Å². The molecular weight excluding hydrogens is 803 g/mol. The van der Waals surface area contributed by atoms with E-state index in [0.717, 1.165) is 17.7 Å². The first-order chi connectivity index (χ1) is 24.2. The molecular formula is C35H42Br2F3N5O6. The Morgan fingerprint density at radius 3 is 2.14 bits per heavy atom. The van der Waals surface area contributed by atoms with Crippen molar-refractivity contribution >= 4 is 55.6 Å². The van der Waals surface area contributed by atoms with Crippen LogP contribution in [0.1, 0.15) is 49.7 Å². The van der Waals surface area contributed by atoms with Crippen LogP contribution in [0.4, 0.5) is 28.4 Å². The maximum absolute atomic E-state index is 14.0. The van der Waals surface area contributed by atoms with Crippen molar-refractivity contribution in [1.82, 2.24) is 19.6 Å². The summed E-state index contributed by atoms with van der Waals surface area (Å²) in [4.78, 5) is 47.6. The molecule has 1 atom stereocenters. The number of fused-ring (bicyclic) bond motifs is 1. The van der Waals surface area contributed by atoms with E-state index < -0.39 is 24.0 Å². The second kappa shape index (κ2) is 15.5. The number of phenols is 1. The maximum Gasteiger partial charge on any atom is 0.417 e. The van der Waals surface area contributed by atoms with Crippen LogP contribution < -0.4 is 5.32 Å². The van der Waals surface area contributed by atoms with Crippen molar-refractivity contribution in [3.8, 4) is 5.75 Å². The van der Waals surface area contributed by atoms with Crippen molar-refractivity contribution in [1.29, 1.82) is 0 Å². The lowest BCUT2D eigenvalue weighted by molar-refractivity contribution is -0.273. The fourth-order valence-electron chi connectivity index (χ4n) is 7.62. The van der Waals surface area contributed by atoms with Gasteiger partial charge in [0.05, 0.1) is 8.95 Å². The number of carbonyl (C=O) groups excluding carboxylic acids is 3. The fraction of sp³-hybridized carbons (Fsp3) is 0.571. The molecule has 6 rings (SSSR count). The first-order valence-corrected chi connectivity index (χ1v) is 18.9. The van der Waals surface area contributed by atoms with E-state index >= 15 is 0 Å². The lowest BCUT2D eigenvalue weighted by Gasteiger charge is -2.45. The highest BCUT2D eigenvalue weighted by Gasteiger charge is 2.55. The van der Waals surface area contributed by atoms with Gasteiger partial charge in [0.15, 0.2) is 11.7 Å². The number of piperidine rings is 3. The minimum atomic E-state index is -4.67. The van der Waals surface area contributed by atoms with Gasteiger partial charge in [0, 0.05) is 70.0 Å².